The van der Waals surface area contributed by atoms with E-state index < -0.39 is 0 Å². The summed E-state index contributed by atoms with van der Waals surface area (Å²) in [5.41, 5.74) is 2.93. The number of hydrogen-bond donors (Lipinski definition) is 0. The van der Waals surface area contributed by atoms with Crippen molar-refractivity contribution in [1.82, 2.24) is 0 Å². The minimum Gasteiger partial charge on any atom is -0.457 e. The average Bonchev–Trinajstić information content (AvgIpc) is 2.92. The maximum Gasteiger partial charge on any atom is 0.230 e. The second kappa shape index (κ2) is 5.95. The fraction of sp³-hybridized carbons (Fsp3) is 0.0435. The third kappa shape index (κ3) is 2.38. The second-order valence-corrected chi connectivity index (χ2v) is 6.48. The minimum absolute atomic E-state index is 0.0950. The molecule has 0 unspecified atom stereocenters. The van der Waals surface area contributed by atoms with Gasteiger partial charge in [0, 0.05) is 22.3 Å². The number of carbonyl (C=O) groups is 2. The highest BCUT2D eigenvalue weighted by Crippen LogP contribution is 2.47. The molecule has 27 heavy (non-hydrogen) atoms. The van der Waals surface area contributed by atoms with Gasteiger partial charge >= 0.3 is 0 Å². The van der Waals surface area contributed by atoms with E-state index in [-0.39, 0.29) is 6.79 Å². The smallest absolute Gasteiger partial charge is 0.230 e. The number of carbonyl (C=O) groups excluding carboxylic acids is 2. The van der Waals surface area contributed by atoms with E-state index >= 15 is 0 Å². The molecule has 1 aliphatic heterocycles. The first kappa shape index (κ1) is 15.6. The van der Waals surface area contributed by atoms with Crippen LogP contribution in [-0.4, -0.2) is 19.4 Å². The van der Waals surface area contributed by atoms with Crippen LogP contribution in [0.15, 0.2) is 60.7 Å². The fourth-order valence-corrected chi connectivity index (χ4v) is 3.69. The molecule has 0 atom stereocenters. The summed E-state index contributed by atoms with van der Waals surface area (Å²) in [6.45, 7) is 0.0950. The molecule has 4 aromatic rings. The molecule has 0 aliphatic carbocycles. The molecule has 5 rings (SSSR count). The molecule has 0 fully saturated rings. The minimum atomic E-state index is 0.0950. The van der Waals surface area contributed by atoms with Gasteiger partial charge in [0.05, 0.1) is 0 Å². The van der Waals surface area contributed by atoms with Crippen LogP contribution in [-0.2, 0) is 0 Å². The molecule has 130 valence electrons. The van der Waals surface area contributed by atoms with E-state index in [4.69, 9.17) is 9.47 Å². The molecule has 0 saturated carbocycles. The van der Waals surface area contributed by atoms with Crippen molar-refractivity contribution in [3.05, 3.63) is 71.8 Å². The predicted molar refractivity (Wildman–Crippen MR) is 104 cm³/mol. The van der Waals surface area contributed by atoms with E-state index in [9.17, 15) is 9.59 Å². The maximum atomic E-state index is 11.3. The monoisotopic (exact) mass is 354 g/mol. The highest BCUT2D eigenvalue weighted by Gasteiger charge is 2.22. The number of benzene rings is 4. The third-order valence-corrected chi connectivity index (χ3v) is 4.97. The lowest BCUT2D eigenvalue weighted by Gasteiger charge is -2.14. The number of fused-ring (bicyclic) bond motifs is 7. The van der Waals surface area contributed by atoms with Crippen molar-refractivity contribution in [1.29, 1.82) is 0 Å². The summed E-state index contributed by atoms with van der Waals surface area (Å²) >= 11 is 0. The van der Waals surface area contributed by atoms with Crippen LogP contribution in [0.3, 0.4) is 0 Å². The van der Waals surface area contributed by atoms with Gasteiger partial charge < -0.3 is 9.47 Å². The molecule has 0 bridgehead atoms. The van der Waals surface area contributed by atoms with Crippen LogP contribution in [0.2, 0.25) is 0 Å². The quantitative estimate of drug-likeness (QED) is 0.475. The summed E-state index contributed by atoms with van der Waals surface area (Å²) in [7, 11) is 0. The number of aldehydes is 2. The van der Waals surface area contributed by atoms with Gasteiger partial charge in [-0.05, 0) is 45.8 Å². The Labute approximate surface area is 154 Å². The molecule has 0 spiro atoms. The van der Waals surface area contributed by atoms with Crippen LogP contribution in [0.5, 0.6) is 11.5 Å². The van der Waals surface area contributed by atoms with E-state index in [0.717, 1.165) is 45.2 Å². The zero-order valence-electron chi connectivity index (χ0n) is 14.3. The summed E-state index contributed by atoms with van der Waals surface area (Å²) in [5, 5.41) is 3.82. The Morgan fingerprint density at radius 3 is 1.52 bits per heavy atom. The SMILES string of the molecule is O=Cc1ccc2ccc3c(c2c1)-c1c(ccc2ccc(C=O)cc12)OCO3. The predicted octanol–water partition coefficient (Wildman–Crippen LogP) is 5.01. The van der Waals surface area contributed by atoms with Gasteiger partial charge in [-0.2, -0.15) is 0 Å². The van der Waals surface area contributed by atoms with E-state index in [2.05, 4.69) is 0 Å². The van der Waals surface area contributed by atoms with Gasteiger partial charge in [0.25, 0.3) is 0 Å². The molecule has 0 N–H and O–H groups in total. The number of rotatable bonds is 2. The van der Waals surface area contributed by atoms with Gasteiger partial charge in [-0.25, -0.2) is 0 Å². The molecule has 4 nitrogen and oxygen atoms in total. The third-order valence-electron chi connectivity index (χ3n) is 4.97. The molecular formula is C23H14O4. The zero-order valence-corrected chi connectivity index (χ0v) is 14.3. The number of hydrogen-bond acceptors (Lipinski definition) is 4. The highest BCUT2D eigenvalue weighted by atomic mass is 16.7. The Kier molecular flexibility index (Phi) is 3.44. The molecule has 0 saturated heterocycles. The summed E-state index contributed by atoms with van der Waals surface area (Å²) in [6.07, 6.45) is 1.67. The van der Waals surface area contributed by atoms with Crippen molar-refractivity contribution >= 4 is 34.1 Å². The Morgan fingerprint density at radius 2 is 1.07 bits per heavy atom. The number of ether oxygens (including phenoxy) is 2. The van der Waals surface area contributed by atoms with Crippen LogP contribution in [0.4, 0.5) is 0 Å². The van der Waals surface area contributed by atoms with Crippen LogP contribution in [0.1, 0.15) is 20.7 Å². The average molecular weight is 354 g/mol. The van der Waals surface area contributed by atoms with E-state index in [1.165, 1.54) is 0 Å². The van der Waals surface area contributed by atoms with Gasteiger partial charge in [-0.15, -0.1) is 0 Å². The van der Waals surface area contributed by atoms with Crippen molar-refractivity contribution in [2.45, 2.75) is 0 Å². The van der Waals surface area contributed by atoms with Crippen molar-refractivity contribution < 1.29 is 19.1 Å². The molecule has 1 heterocycles. The standard InChI is InChI=1S/C23H14O4/c24-11-14-1-3-16-5-7-20-22(18(16)9-14)23-19-10-15(12-25)2-4-17(19)6-8-21(23)27-13-26-20/h1-12H,13H2. The first-order valence-electron chi connectivity index (χ1n) is 8.58. The molecule has 1 aliphatic rings. The highest BCUT2D eigenvalue weighted by molar-refractivity contribution is 6.11. The Balaban J connectivity index is 1.98. The summed E-state index contributed by atoms with van der Waals surface area (Å²) in [4.78, 5) is 22.7. The molecule has 0 amide bonds. The van der Waals surface area contributed by atoms with Crippen molar-refractivity contribution in [2.24, 2.45) is 0 Å². The van der Waals surface area contributed by atoms with Gasteiger partial charge in [0.15, 0.2) is 0 Å². The zero-order chi connectivity index (χ0) is 18.4. The van der Waals surface area contributed by atoms with Crippen molar-refractivity contribution in [3.63, 3.8) is 0 Å². The van der Waals surface area contributed by atoms with Gasteiger partial charge in [0.1, 0.15) is 24.1 Å². The van der Waals surface area contributed by atoms with Crippen LogP contribution in [0, 0.1) is 0 Å². The first-order valence-corrected chi connectivity index (χ1v) is 8.58. The summed E-state index contributed by atoms with van der Waals surface area (Å²) in [5.74, 6) is 1.38. The summed E-state index contributed by atoms with van der Waals surface area (Å²) < 4.78 is 11.7. The molecule has 0 radical (unpaired) electrons. The van der Waals surface area contributed by atoms with Gasteiger partial charge in [0.2, 0.25) is 6.79 Å². The normalized spacial score (nSPS) is 12.4. The van der Waals surface area contributed by atoms with Crippen LogP contribution < -0.4 is 9.47 Å². The molecule has 0 aromatic heterocycles. The summed E-state index contributed by atoms with van der Waals surface area (Å²) in [6, 6.07) is 18.9. The van der Waals surface area contributed by atoms with E-state index in [0.29, 0.717) is 22.6 Å². The van der Waals surface area contributed by atoms with E-state index in [1.807, 2.05) is 48.5 Å². The lowest BCUT2D eigenvalue weighted by molar-refractivity contribution is 0.111. The molecular weight excluding hydrogens is 340 g/mol. The lowest BCUT2D eigenvalue weighted by Crippen LogP contribution is -2.03. The maximum absolute atomic E-state index is 11.3. The van der Waals surface area contributed by atoms with Crippen LogP contribution in [0.25, 0.3) is 32.7 Å². The molecule has 4 heteroatoms. The van der Waals surface area contributed by atoms with E-state index in [1.54, 1.807) is 12.1 Å². The van der Waals surface area contributed by atoms with Crippen molar-refractivity contribution in [3.8, 4) is 22.6 Å². The first-order chi connectivity index (χ1) is 13.3. The largest absolute Gasteiger partial charge is 0.457 e. The topological polar surface area (TPSA) is 52.6 Å². The second-order valence-electron chi connectivity index (χ2n) is 6.48. The Morgan fingerprint density at radius 1 is 0.630 bits per heavy atom. The lowest BCUT2D eigenvalue weighted by atomic mass is 9.91. The Hall–Kier alpha value is -3.66. The van der Waals surface area contributed by atoms with Gasteiger partial charge in [-0.1, -0.05) is 36.4 Å². The Bertz CT molecular complexity index is 1140. The fourth-order valence-electron chi connectivity index (χ4n) is 3.69. The van der Waals surface area contributed by atoms with Crippen molar-refractivity contribution in [2.75, 3.05) is 6.79 Å². The molecule has 4 aromatic carbocycles. The van der Waals surface area contributed by atoms with Crippen LogP contribution >= 0.6 is 0 Å². The van der Waals surface area contributed by atoms with Gasteiger partial charge in [-0.3, -0.25) is 9.59 Å².